The highest BCUT2D eigenvalue weighted by Gasteiger charge is 2.31. The van der Waals surface area contributed by atoms with Crippen LogP contribution in [0.3, 0.4) is 0 Å². The summed E-state index contributed by atoms with van der Waals surface area (Å²) in [5.41, 5.74) is 9.39. The van der Waals surface area contributed by atoms with E-state index in [1.165, 1.54) is 48.5 Å². The molecule has 1 aliphatic carbocycles. The first kappa shape index (κ1) is 81.1. The molecule has 10 N–H and O–H groups in total. The van der Waals surface area contributed by atoms with Crippen molar-refractivity contribution in [2.75, 3.05) is 50.0 Å². The summed E-state index contributed by atoms with van der Waals surface area (Å²) < 4.78 is 13.8. The Morgan fingerprint density at radius 2 is 0.685 bits per heavy atom. The fourth-order valence-corrected chi connectivity index (χ4v) is 13.0. The molecule has 8 aromatic carbocycles. The van der Waals surface area contributed by atoms with E-state index in [1.807, 2.05) is 84.9 Å². The van der Waals surface area contributed by atoms with E-state index >= 15 is 0 Å². The predicted molar refractivity (Wildman–Crippen MR) is 431 cm³/mol. The van der Waals surface area contributed by atoms with Crippen molar-refractivity contribution in [1.29, 1.82) is 0 Å². The van der Waals surface area contributed by atoms with Gasteiger partial charge in [0.2, 0.25) is 11.8 Å². The molecule has 24 heteroatoms. The van der Waals surface area contributed by atoms with Gasteiger partial charge in [-0.1, -0.05) is 192 Å². The number of phenols is 2. The second kappa shape index (κ2) is 35.2. The third-order valence-electron chi connectivity index (χ3n) is 18.7. The summed E-state index contributed by atoms with van der Waals surface area (Å²) in [5.74, 6) is -1.30. The second-order valence-corrected chi connectivity index (χ2v) is 32.2. The van der Waals surface area contributed by atoms with Crippen molar-refractivity contribution in [3.05, 3.63) is 256 Å². The van der Waals surface area contributed by atoms with Crippen molar-refractivity contribution in [3.8, 4) is 23.0 Å². The van der Waals surface area contributed by atoms with E-state index in [1.54, 1.807) is 0 Å². The lowest BCUT2D eigenvalue weighted by atomic mass is 9.79. The minimum Gasteiger partial charge on any atom is -0.507 e. The lowest BCUT2D eigenvalue weighted by molar-refractivity contribution is -0.385. The molecule has 0 saturated carbocycles. The van der Waals surface area contributed by atoms with Crippen LogP contribution in [0.1, 0.15) is 161 Å². The summed E-state index contributed by atoms with van der Waals surface area (Å²) in [6.07, 6.45) is 0.777. The number of nitro groups is 2. The first-order valence-corrected chi connectivity index (χ1v) is 36.9. The second-order valence-electron chi connectivity index (χ2n) is 31.4. The van der Waals surface area contributed by atoms with Gasteiger partial charge in [0.05, 0.1) is 9.85 Å². The van der Waals surface area contributed by atoms with E-state index in [4.69, 9.17) is 33.9 Å². The van der Waals surface area contributed by atoms with Crippen LogP contribution in [0.15, 0.2) is 158 Å². The van der Waals surface area contributed by atoms with Crippen molar-refractivity contribution in [2.24, 2.45) is 0 Å². The van der Waals surface area contributed by atoms with Gasteiger partial charge in [0.25, 0.3) is 23.2 Å². The molecule has 22 nitrogen and oxygen atoms in total. The molecule has 0 spiro atoms. The number of aromatic hydroxyl groups is 2. The number of thiocarbonyl (C=S) groups is 2. The molecule has 1 aliphatic rings. The van der Waals surface area contributed by atoms with Crippen molar-refractivity contribution < 1.29 is 48.7 Å². The molecular weight excluding hydrogens is 1410 g/mol. The van der Waals surface area contributed by atoms with E-state index < -0.39 is 80.4 Å². The molecule has 0 unspecified atom stereocenters. The number of hydrogen-bond acceptors (Lipinski definition) is 14. The van der Waals surface area contributed by atoms with Crippen molar-refractivity contribution in [1.82, 2.24) is 31.9 Å². The molecule has 568 valence electrons. The monoisotopic (exact) mass is 1500 g/mol. The largest absolute Gasteiger partial charge is 0.507 e. The normalized spacial score (nSPS) is 12.8. The number of carbonyl (C=O) groups excluding carboxylic acids is 4. The molecule has 0 saturated heterocycles. The van der Waals surface area contributed by atoms with Crippen LogP contribution in [0.4, 0.5) is 22.7 Å². The highest BCUT2D eigenvalue weighted by atomic mass is 32.1. The Morgan fingerprint density at radius 1 is 0.417 bits per heavy atom. The molecule has 0 heterocycles. The fourth-order valence-electron chi connectivity index (χ4n) is 12.5. The van der Waals surface area contributed by atoms with Gasteiger partial charge < -0.3 is 62.2 Å². The Labute approximate surface area is 642 Å². The van der Waals surface area contributed by atoms with E-state index in [0.29, 0.717) is 67.4 Å². The van der Waals surface area contributed by atoms with Crippen LogP contribution in [0.25, 0.3) is 0 Å². The van der Waals surface area contributed by atoms with Gasteiger partial charge in [0, 0.05) is 100 Å². The maximum atomic E-state index is 14.7. The van der Waals surface area contributed by atoms with Gasteiger partial charge in [-0.25, -0.2) is 0 Å². The number of fused-ring (bicyclic) bond motifs is 8. The highest BCUT2D eigenvalue weighted by Crippen LogP contribution is 2.44. The maximum absolute atomic E-state index is 14.7. The van der Waals surface area contributed by atoms with Crippen LogP contribution in [-0.4, -0.2) is 105 Å². The average molecular weight is 1500 g/mol. The molecule has 0 fully saturated rings. The first-order valence-electron chi connectivity index (χ1n) is 36.0. The third-order valence-corrected chi connectivity index (χ3v) is 19.2. The standard InChI is InChI=1S/C84H98N10O12S2/c1-81(2,3)61-41-53-37-57-45-63(83(7,8)9)47-59(75(57)105-49-71(95)91-69(35-51-19-15-13-16-20-51)77(99)85-31-33-87-79(107)89-65-23-27-67(28-24-65)93(101)102)39-55-43-62(82(4,5)6)44-56(74(55)98)40-60-48-64(84(10,11)12)46-58(38-54(42-61)73(53)97)76(60)106-50-72(96)92-70(36-52-21-17-14-18-22-52)78(100)86-32-34-88-80(108)90-66-25-29-68(30-26-66)94(103)104/h13-30,41-48,69-70,97-98H,31-40,49-50H2,1-12H3,(H,85,99)(H,86,100)(H,91,95)(H,92,96)(H2,87,89,107)(H2,88,90,108)/t69-,70-/m0/s1. The zero-order valence-corrected chi connectivity index (χ0v) is 65.0. The Bertz CT molecular complexity index is 4240. The number of non-ortho nitro benzene ring substituents is 2. The van der Waals surface area contributed by atoms with Crippen molar-refractivity contribution in [3.63, 3.8) is 0 Å². The van der Waals surface area contributed by atoms with Gasteiger partial charge in [-0.15, -0.1) is 0 Å². The van der Waals surface area contributed by atoms with Crippen LogP contribution in [0.2, 0.25) is 0 Å². The summed E-state index contributed by atoms with van der Waals surface area (Å²) in [5, 5.41) is 72.8. The number of anilines is 2. The molecule has 9 rings (SSSR count). The number of nitro benzene ring substituents is 2. The number of amides is 4. The quantitative estimate of drug-likeness (QED) is 0.0116. The van der Waals surface area contributed by atoms with Crippen molar-refractivity contribution >= 4 is 81.0 Å². The average Bonchev–Trinajstić information content (AvgIpc) is 0.765. The number of phenolic OH excluding ortho intramolecular Hbond substituents is 2. The number of ether oxygens (including phenoxy) is 2. The number of nitrogens with zero attached hydrogens (tertiary/aromatic N) is 2. The summed E-state index contributed by atoms with van der Waals surface area (Å²) in [7, 11) is 0. The van der Waals surface area contributed by atoms with Gasteiger partial charge >= 0.3 is 0 Å². The highest BCUT2D eigenvalue weighted by molar-refractivity contribution is 7.80. The van der Waals surface area contributed by atoms with E-state index in [0.717, 1.165) is 33.4 Å². The van der Waals surface area contributed by atoms with Crippen LogP contribution in [0, 0.1) is 20.2 Å². The van der Waals surface area contributed by atoms with Crippen molar-refractivity contribution in [2.45, 2.75) is 155 Å². The van der Waals surface area contributed by atoms with Gasteiger partial charge in [-0.05, 0) is 148 Å². The van der Waals surface area contributed by atoms with E-state index in [-0.39, 0.29) is 97.8 Å². The lowest BCUT2D eigenvalue weighted by Gasteiger charge is -2.28. The SMILES string of the molecule is CC(C)(C)c1cc2c(O)c(c1)Cc1cc(C(C)(C)C)cc(c1OCC(=O)N[C@@H](Cc1ccccc1)C(=O)NCCNC(=S)Nc1ccc([N+](=O)[O-])cc1)Cc1cc(C(C)(C)C)cc(c1O)Cc1cc(C(C)(C)C)cc(c1OCC(=O)N[C@@H](Cc1ccccc1)C(=O)NCCNC(=S)Nc1ccc([N+](=O)[O-])cc1)C2. The number of benzene rings is 8. The minimum atomic E-state index is -1.05. The molecule has 108 heavy (non-hydrogen) atoms. The molecule has 0 aliphatic heterocycles. The number of rotatable bonds is 24. The molecule has 8 bridgehead atoms. The zero-order valence-electron chi connectivity index (χ0n) is 63.3. The van der Waals surface area contributed by atoms with Crippen LogP contribution >= 0.6 is 24.4 Å². The van der Waals surface area contributed by atoms with Gasteiger partial charge in [-0.3, -0.25) is 39.4 Å². The Kier molecular flexibility index (Phi) is 26.4. The smallest absolute Gasteiger partial charge is 0.269 e. The van der Waals surface area contributed by atoms with Crippen LogP contribution < -0.4 is 52.0 Å². The first-order chi connectivity index (χ1) is 50.9. The van der Waals surface area contributed by atoms with Gasteiger partial charge in [0.15, 0.2) is 23.4 Å². The summed E-state index contributed by atoms with van der Waals surface area (Å²) >= 11 is 10.9. The lowest BCUT2D eigenvalue weighted by Crippen LogP contribution is -2.50. The van der Waals surface area contributed by atoms with E-state index in [2.05, 4.69) is 150 Å². The van der Waals surface area contributed by atoms with Gasteiger partial charge in [0.1, 0.15) is 35.1 Å². The van der Waals surface area contributed by atoms with Gasteiger partial charge in [-0.2, -0.15) is 0 Å². The van der Waals surface area contributed by atoms with Crippen LogP contribution in [-0.2, 0) is 79.4 Å². The summed E-state index contributed by atoms with van der Waals surface area (Å²) in [6, 6.07) is 44.3. The molecule has 0 radical (unpaired) electrons. The fraction of sp³-hybridized carbons (Fsp3) is 0.357. The minimum absolute atomic E-state index is 0.0191. The van der Waals surface area contributed by atoms with Crippen LogP contribution in [0.5, 0.6) is 23.0 Å². The molecule has 2 atom stereocenters. The zero-order chi connectivity index (χ0) is 78.4. The Balaban J connectivity index is 1.05. The molecule has 0 aromatic heterocycles. The number of carbonyl (C=O) groups is 4. The predicted octanol–water partition coefficient (Wildman–Crippen LogP) is 13.2. The maximum Gasteiger partial charge on any atom is 0.269 e. The number of nitrogens with one attached hydrogen (secondary N) is 8. The van der Waals surface area contributed by atoms with E-state index in [9.17, 15) is 49.6 Å². The number of hydrogen-bond donors (Lipinski definition) is 10. The molecule has 8 aromatic rings. The summed E-state index contributed by atoms with van der Waals surface area (Å²) in [6.45, 7) is 24.9. The summed E-state index contributed by atoms with van der Waals surface area (Å²) in [4.78, 5) is 79.1. The third kappa shape index (κ3) is 22.5. The Morgan fingerprint density at radius 3 is 0.954 bits per heavy atom. The Hall–Kier alpha value is -11.0. The topological polar surface area (TPSA) is 310 Å². The molecular formula is C84H98N10O12S2. The molecule has 4 amide bonds.